The fourth-order valence-electron chi connectivity index (χ4n) is 1.25. The molecule has 0 saturated heterocycles. The first-order valence-electron chi connectivity index (χ1n) is 5.81. The third-order valence-electron chi connectivity index (χ3n) is 2.36. The molecule has 0 aliphatic carbocycles. The van der Waals surface area contributed by atoms with Crippen molar-refractivity contribution in [2.24, 2.45) is 5.73 Å². The van der Waals surface area contributed by atoms with Crippen LogP contribution in [0.5, 0.6) is 0 Å². The molecule has 7 nitrogen and oxygen atoms in total. The Hall–Kier alpha value is -1.94. The van der Waals surface area contributed by atoms with Crippen LogP contribution in [0.15, 0.2) is 12.2 Å². The van der Waals surface area contributed by atoms with Crippen LogP contribution in [0.2, 0.25) is 0 Å². The van der Waals surface area contributed by atoms with Gasteiger partial charge in [0.05, 0.1) is 0 Å². The fourth-order valence-corrected chi connectivity index (χ4v) is 1.25. The molecule has 21 heavy (non-hydrogen) atoms. The lowest BCUT2D eigenvalue weighted by molar-refractivity contribution is -0.192. The van der Waals surface area contributed by atoms with Gasteiger partial charge < -0.3 is 15.7 Å². The summed E-state index contributed by atoms with van der Waals surface area (Å²) in [5, 5.41) is 7.12. The molecular weight excluding hydrogens is 295 g/mol. The number of rotatable bonds is 5. The van der Waals surface area contributed by atoms with Crippen molar-refractivity contribution in [3.05, 3.63) is 12.2 Å². The predicted octanol–water partition coefficient (Wildman–Crippen LogP) is -0.565. The van der Waals surface area contributed by atoms with Crippen LogP contribution in [-0.4, -0.2) is 72.1 Å². The van der Waals surface area contributed by atoms with E-state index in [1.807, 2.05) is 11.9 Å². The number of carbonyl (C=O) groups is 3. The summed E-state index contributed by atoms with van der Waals surface area (Å²) in [6, 6.07) is 0. The Labute approximate surface area is 118 Å². The zero-order valence-corrected chi connectivity index (χ0v) is 11.3. The quantitative estimate of drug-likeness (QED) is 0.659. The largest absolute Gasteiger partial charge is 0.490 e. The number of carbonyl (C=O) groups excluding carboxylic acids is 2. The van der Waals surface area contributed by atoms with Crippen molar-refractivity contribution >= 4 is 17.8 Å². The third kappa shape index (κ3) is 7.42. The normalized spacial score (nSPS) is 14.5. The maximum absolute atomic E-state index is 11.1. The van der Waals surface area contributed by atoms with E-state index in [4.69, 9.17) is 15.6 Å². The molecule has 0 radical (unpaired) electrons. The molecule has 10 heteroatoms. The van der Waals surface area contributed by atoms with Crippen molar-refractivity contribution < 1.29 is 32.7 Å². The van der Waals surface area contributed by atoms with Crippen molar-refractivity contribution in [2.75, 3.05) is 33.2 Å². The number of hydrogen-bond donors (Lipinski definition) is 2. The maximum Gasteiger partial charge on any atom is 0.490 e. The molecule has 1 heterocycles. The molecule has 0 fully saturated rings. The second-order valence-electron chi connectivity index (χ2n) is 4.06. The van der Waals surface area contributed by atoms with Crippen molar-refractivity contribution in [3.8, 4) is 0 Å². The van der Waals surface area contributed by atoms with Gasteiger partial charge in [0, 0.05) is 38.3 Å². The number of imide groups is 1. The topological polar surface area (TPSA) is 104 Å². The molecule has 0 atom stereocenters. The summed E-state index contributed by atoms with van der Waals surface area (Å²) >= 11 is 0. The molecule has 0 unspecified atom stereocenters. The molecule has 0 aromatic heterocycles. The van der Waals surface area contributed by atoms with Gasteiger partial charge >= 0.3 is 12.1 Å². The number of nitrogens with zero attached hydrogens (tertiary/aromatic N) is 2. The number of aliphatic carboxylic acids is 1. The number of amides is 2. The summed E-state index contributed by atoms with van der Waals surface area (Å²) in [6.45, 7) is 2.44. The Balaban J connectivity index is 0.000000486. The zero-order valence-electron chi connectivity index (χ0n) is 11.3. The SMILES string of the molecule is CN(CCN)CCN1C(=O)C=CC1=O.O=C(O)C(F)(F)F. The van der Waals surface area contributed by atoms with Crippen LogP contribution >= 0.6 is 0 Å². The summed E-state index contributed by atoms with van der Waals surface area (Å²) < 4.78 is 31.7. The van der Waals surface area contributed by atoms with Gasteiger partial charge in [0.1, 0.15) is 0 Å². The summed E-state index contributed by atoms with van der Waals surface area (Å²) in [5.41, 5.74) is 5.37. The lowest BCUT2D eigenvalue weighted by Gasteiger charge is -2.19. The highest BCUT2D eigenvalue weighted by Crippen LogP contribution is 2.13. The Morgan fingerprint density at radius 1 is 1.29 bits per heavy atom. The average Bonchev–Trinajstić information content (AvgIpc) is 2.66. The smallest absolute Gasteiger partial charge is 0.475 e. The standard InChI is InChI=1S/C9H15N3O2.C2HF3O2/c1-11(5-4-10)6-7-12-8(13)2-3-9(12)14;3-2(4,5)1(6)7/h2-3H,4-7,10H2,1H3;(H,6,7). The molecule has 1 aliphatic heterocycles. The summed E-state index contributed by atoms with van der Waals surface area (Å²) in [6.07, 6.45) is -2.49. The third-order valence-corrected chi connectivity index (χ3v) is 2.36. The highest BCUT2D eigenvalue weighted by Gasteiger charge is 2.38. The molecular formula is C11H16F3N3O4. The van der Waals surface area contributed by atoms with E-state index in [1.54, 1.807) is 0 Å². The number of hydrogen-bond acceptors (Lipinski definition) is 5. The van der Waals surface area contributed by atoms with Gasteiger partial charge in [-0.1, -0.05) is 0 Å². The zero-order chi connectivity index (χ0) is 16.6. The Morgan fingerprint density at radius 2 is 1.71 bits per heavy atom. The van der Waals surface area contributed by atoms with Crippen LogP contribution in [0.3, 0.4) is 0 Å². The molecule has 3 N–H and O–H groups in total. The number of alkyl halides is 3. The molecule has 120 valence electrons. The first-order valence-corrected chi connectivity index (χ1v) is 5.81. The number of halogens is 3. The van der Waals surface area contributed by atoms with E-state index in [9.17, 15) is 22.8 Å². The molecule has 1 rings (SSSR count). The van der Waals surface area contributed by atoms with E-state index in [0.717, 1.165) is 6.54 Å². The van der Waals surface area contributed by atoms with Crippen LogP contribution in [-0.2, 0) is 14.4 Å². The second-order valence-corrected chi connectivity index (χ2v) is 4.06. The van der Waals surface area contributed by atoms with Gasteiger partial charge in [0.25, 0.3) is 11.8 Å². The summed E-state index contributed by atoms with van der Waals surface area (Å²) in [7, 11) is 1.91. The predicted molar refractivity (Wildman–Crippen MR) is 66.1 cm³/mol. The first-order chi connectivity index (χ1) is 9.59. The fraction of sp³-hybridized carbons (Fsp3) is 0.545. The molecule has 0 aromatic rings. The lowest BCUT2D eigenvalue weighted by Crippen LogP contribution is -2.38. The number of nitrogens with two attached hydrogens (primary N) is 1. The highest BCUT2D eigenvalue weighted by molar-refractivity contribution is 6.12. The average molecular weight is 311 g/mol. The van der Waals surface area contributed by atoms with Crippen LogP contribution in [0.1, 0.15) is 0 Å². The van der Waals surface area contributed by atoms with Crippen LogP contribution in [0, 0.1) is 0 Å². The summed E-state index contributed by atoms with van der Waals surface area (Å²) in [4.78, 5) is 34.4. The highest BCUT2D eigenvalue weighted by atomic mass is 19.4. The minimum Gasteiger partial charge on any atom is -0.475 e. The monoisotopic (exact) mass is 311 g/mol. The summed E-state index contributed by atoms with van der Waals surface area (Å²) in [5.74, 6) is -3.21. The second kappa shape index (κ2) is 8.37. The van der Waals surface area contributed by atoms with Crippen molar-refractivity contribution in [1.29, 1.82) is 0 Å². The molecule has 0 bridgehead atoms. The number of likely N-dealkylation sites (N-methyl/N-ethyl adjacent to an activating group) is 1. The Kier molecular flexibility index (Phi) is 7.60. The molecule has 1 aliphatic rings. The maximum atomic E-state index is 11.1. The number of carboxylic acid groups (broad SMARTS) is 1. The Morgan fingerprint density at radius 3 is 2.05 bits per heavy atom. The lowest BCUT2D eigenvalue weighted by atomic mass is 10.4. The molecule has 0 saturated carbocycles. The number of carboxylic acids is 1. The van der Waals surface area contributed by atoms with Crippen molar-refractivity contribution in [1.82, 2.24) is 9.80 Å². The van der Waals surface area contributed by atoms with E-state index in [-0.39, 0.29) is 11.8 Å². The van der Waals surface area contributed by atoms with Gasteiger partial charge in [-0.3, -0.25) is 14.5 Å². The van der Waals surface area contributed by atoms with Crippen molar-refractivity contribution in [2.45, 2.75) is 6.18 Å². The van der Waals surface area contributed by atoms with E-state index in [2.05, 4.69) is 0 Å². The van der Waals surface area contributed by atoms with E-state index < -0.39 is 12.1 Å². The first kappa shape index (κ1) is 19.1. The van der Waals surface area contributed by atoms with Gasteiger partial charge in [-0.05, 0) is 7.05 Å². The minimum absolute atomic E-state index is 0.226. The Bertz CT molecular complexity index is 405. The van der Waals surface area contributed by atoms with Crippen LogP contribution in [0.25, 0.3) is 0 Å². The van der Waals surface area contributed by atoms with Crippen LogP contribution in [0.4, 0.5) is 13.2 Å². The van der Waals surface area contributed by atoms with Gasteiger partial charge in [-0.15, -0.1) is 0 Å². The van der Waals surface area contributed by atoms with E-state index in [0.29, 0.717) is 19.6 Å². The van der Waals surface area contributed by atoms with E-state index >= 15 is 0 Å². The molecule has 0 aromatic carbocycles. The van der Waals surface area contributed by atoms with Gasteiger partial charge in [-0.25, -0.2) is 4.79 Å². The van der Waals surface area contributed by atoms with Crippen LogP contribution < -0.4 is 5.73 Å². The molecule has 0 spiro atoms. The van der Waals surface area contributed by atoms with E-state index in [1.165, 1.54) is 17.1 Å². The van der Waals surface area contributed by atoms with Crippen molar-refractivity contribution in [3.63, 3.8) is 0 Å². The van der Waals surface area contributed by atoms with Gasteiger partial charge in [0.2, 0.25) is 0 Å². The van der Waals surface area contributed by atoms with Gasteiger partial charge in [-0.2, -0.15) is 13.2 Å². The minimum atomic E-state index is -5.08. The molecule has 2 amide bonds. The van der Waals surface area contributed by atoms with Gasteiger partial charge in [0.15, 0.2) is 0 Å².